The lowest BCUT2D eigenvalue weighted by atomic mass is 9.83. The van der Waals surface area contributed by atoms with E-state index in [2.05, 4.69) is 26.7 Å². The van der Waals surface area contributed by atoms with Gasteiger partial charge in [-0.1, -0.05) is 13.3 Å². The van der Waals surface area contributed by atoms with Crippen LogP contribution in [0.5, 0.6) is 0 Å². The molecular formula is C19H30N4O2. The molecule has 138 valence electrons. The van der Waals surface area contributed by atoms with E-state index in [0.29, 0.717) is 30.9 Å². The van der Waals surface area contributed by atoms with Gasteiger partial charge in [-0.2, -0.15) is 0 Å². The van der Waals surface area contributed by atoms with Crippen molar-refractivity contribution < 1.29 is 9.53 Å². The van der Waals surface area contributed by atoms with Gasteiger partial charge in [-0.3, -0.25) is 4.79 Å². The molecule has 6 heteroatoms. The quantitative estimate of drug-likeness (QED) is 0.709. The molecule has 0 aromatic carbocycles. The second-order valence-electron chi connectivity index (χ2n) is 7.16. The predicted molar refractivity (Wildman–Crippen MR) is 97.6 cm³/mol. The molecule has 0 unspecified atom stereocenters. The summed E-state index contributed by atoms with van der Waals surface area (Å²) in [4.78, 5) is 25.7. The molecule has 2 aliphatic rings. The van der Waals surface area contributed by atoms with Crippen LogP contribution in [0.25, 0.3) is 0 Å². The van der Waals surface area contributed by atoms with E-state index < -0.39 is 0 Å². The Morgan fingerprint density at radius 3 is 3.04 bits per heavy atom. The Hall–Kier alpha value is -1.69. The number of carbonyl (C=O) groups is 1. The number of piperidine rings is 2. The average molecular weight is 346 g/mol. The summed E-state index contributed by atoms with van der Waals surface area (Å²) in [5.74, 6) is 1.95. The van der Waals surface area contributed by atoms with E-state index in [4.69, 9.17) is 4.74 Å². The molecule has 0 radical (unpaired) electrons. The van der Waals surface area contributed by atoms with Crippen molar-refractivity contribution in [2.24, 2.45) is 5.92 Å². The highest BCUT2D eigenvalue weighted by molar-refractivity contribution is 5.77. The number of fused-ring (bicyclic) bond motifs is 1. The molecule has 0 bridgehead atoms. The van der Waals surface area contributed by atoms with Gasteiger partial charge in [0.2, 0.25) is 5.91 Å². The van der Waals surface area contributed by atoms with Gasteiger partial charge in [-0.05, 0) is 31.6 Å². The van der Waals surface area contributed by atoms with Crippen molar-refractivity contribution in [3.8, 4) is 0 Å². The fourth-order valence-electron chi connectivity index (χ4n) is 4.30. The number of aryl methyl sites for hydroxylation is 1. The van der Waals surface area contributed by atoms with E-state index in [1.165, 1.54) is 5.56 Å². The molecule has 0 aliphatic carbocycles. The van der Waals surface area contributed by atoms with Gasteiger partial charge >= 0.3 is 0 Å². The molecule has 1 amide bonds. The van der Waals surface area contributed by atoms with E-state index in [1.54, 1.807) is 13.4 Å². The maximum absolute atomic E-state index is 12.4. The lowest BCUT2D eigenvalue weighted by Crippen LogP contribution is -2.56. The van der Waals surface area contributed by atoms with Crippen LogP contribution in [0.2, 0.25) is 0 Å². The van der Waals surface area contributed by atoms with Crippen LogP contribution in [0, 0.1) is 5.92 Å². The van der Waals surface area contributed by atoms with Crippen molar-refractivity contribution >= 4 is 11.7 Å². The fourth-order valence-corrected chi connectivity index (χ4v) is 4.30. The summed E-state index contributed by atoms with van der Waals surface area (Å²) < 4.78 is 5.15. The number of anilines is 1. The minimum Gasteiger partial charge on any atom is -0.385 e. The predicted octanol–water partition coefficient (Wildman–Crippen LogP) is 2.28. The molecule has 2 aliphatic heterocycles. The molecule has 0 saturated carbocycles. The molecule has 0 N–H and O–H groups in total. The topological polar surface area (TPSA) is 58.6 Å². The van der Waals surface area contributed by atoms with E-state index >= 15 is 0 Å². The highest BCUT2D eigenvalue weighted by atomic mass is 16.5. The first-order valence-electron chi connectivity index (χ1n) is 9.56. The molecule has 2 fully saturated rings. The Balaban J connectivity index is 1.68. The number of carbonyl (C=O) groups excluding carboxylic acids is 1. The highest BCUT2D eigenvalue weighted by Crippen LogP contribution is 2.33. The summed E-state index contributed by atoms with van der Waals surface area (Å²) in [6.45, 7) is 5.68. The second-order valence-corrected chi connectivity index (χ2v) is 7.16. The van der Waals surface area contributed by atoms with E-state index in [-0.39, 0.29) is 0 Å². The van der Waals surface area contributed by atoms with E-state index in [0.717, 1.165) is 57.6 Å². The zero-order valence-electron chi connectivity index (χ0n) is 15.5. The van der Waals surface area contributed by atoms with Crippen molar-refractivity contribution in [1.29, 1.82) is 0 Å². The summed E-state index contributed by atoms with van der Waals surface area (Å²) in [5.41, 5.74) is 1.24. The third kappa shape index (κ3) is 4.11. The number of nitrogens with zero attached hydrogens (tertiary/aromatic N) is 4. The molecule has 6 nitrogen and oxygen atoms in total. The van der Waals surface area contributed by atoms with Crippen LogP contribution in [0.15, 0.2) is 12.5 Å². The number of rotatable bonds is 7. The van der Waals surface area contributed by atoms with Crippen molar-refractivity contribution in [3.63, 3.8) is 0 Å². The third-order valence-corrected chi connectivity index (χ3v) is 5.47. The van der Waals surface area contributed by atoms with Gasteiger partial charge < -0.3 is 14.5 Å². The smallest absolute Gasteiger partial charge is 0.222 e. The number of hydrogen-bond acceptors (Lipinski definition) is 5. The van der Waals surface area contributed by atoms with E-state index in [1.807, 2.05) is 6.20 Å². The molecule has 25 heavy (non-hydrogen) atoms. The van der Waals surface area contributed by atoms with Crippen LogP contribution in [0.4, 0.5) is 5.82 Å². The fraction of sp³-hybridized carbons (Fsp3) is 0.737. The van der Waals surface area contributed by atoms with Crippen LogP contribution in [0.1, 0.15) is 44.6 Å². The van der Waals surface area contributed by atoms with Gasteiger partial charge in [0, 0.05) is 57.6 Å². The Labute approximate surface area is 150 Å². The lowest BCUT2D eigenvalue weighted by molar-refractivity contribution is -0.139. The first-order valence-corrected chi connectivity index (χ1v) is 9.56. The van der Waals surface area contributed by atoms with Crippen LogP contribution in [-0.4, -0.2) is 60.2 Å². The second kappa shape index (κ2) is 8.61. The monoisotopic (exact) mass is 346 g/mol. The van der Waals surface area contributed by atoms with Gasteiger partial charge in [0.05, 0.1) is 0 Å². The minimum atomic E-state index is 0.319. The summed E-state index contributed by atoms with van der Waals surface area (Å²) in [6.07, 6.45) is 9.34. The van der Waals surface area contributed by atoms with Crippen LogP contribution < -0.4 is 4.90 Å². The minimum absolute atomic E-state index is 0.319. The van der Waals surface area contributed by atoms with Gasteiger partial charge in [0.15, 0.2) is 0 Å². The van der Waals surface area contributed by atoms with Crippen molar-refractivity contribution in [2.75, 3.05) is 38.3 Å². The molecule has 2 saturated heterocycles. The van der Waals surface area contributed by atoms with Crippen molar-refractivity contribution in [3.05, 3.63) is 18.1 Å². The largest absolute Gasteiger partial charge is 0.385 e. The standard InChI is InChI=1S/C19H30N4O2/c1-3-5-15-12-20-14-21-19(15)22-10-8-17-16(13-22)6-7-18(24)23(17)9-4-11-25-2/h12,14,16-17H,3-11,13H2,1-2H3/t16-,17+/m0/s1. The van der Waals surface area contributed by atoms with Crippen LogP contribution in [0.3, 0.4) is 0 Å². The number of methoxy groups -OCH3 is 1. The Morgan fingerprint density at radius 1 is 1.36 bits per heavy atom. The number of hydrogen-bond donors (Lipinski definition) is 0. The maximum atomic E-state index is 12.4. The van der Waals surface area contributed by atoms with Crippen LogP contribution in [-0.2, 0) is 16.0 Å². The summed E-state index contributed by atoms with van der Waals surface area (Å²) in [6, 6.07) is 0.380. The number of aromatic nitrogens is 2. The molecule has 1 aromatic heterocycles. The molecule has 2 atom stereocenters. The highest BCUT2D eigenvalue weighted by Gasteiger charge is 2.39. The SMILES string of the molecule is CCCc1cncnc1N1CC[C@@H]2[C@@H](CCC(=O)N2CCCOC)C1. The van der Waals surface area contributed by atoms with Crippen molar-refractivity contribution in [1.82, 2.24) is 14.9 Å². The van der Waals surface area contributed by atoms with Crippen LogP contribution >= 0.6 is 0 Å². The third-order valence-electron chi connectivity index (χ3n) is 5.47. The lowest BCUT2D eigenvalue weighted by Gasteiger charge is -2.47. The molecule has 1 aromatic rings. The van der Waals surface area contributed by atoms with Gasteiger partial charge in [0.1, 0.15) is 12.1 Å². The van der Waals surface area contributed by atoms with E-state index in [9.17, 15) is 4.79 Å². The molecule has 0 spiro atoms. The molecular weight excluding hydrogens is 316 g/mol. The summed E-state index contributed by atoms with van der Waals surface area (Å²) in [7, 11) is 1.72. The van der Waals surface area contributed by atoms with Gasteiger partial charge in [-0.25, -0.2) is 9.97 Å². The Kier molecular flexibility index (Phi) is 6.24. The molecule has 3 heterocycles. The normalized spacial score (nSPS) is 23.7. The first-order chi connectivity index (χ1) is 12.2. The summed E-state index contributed by atoms with van der Waals surface area (Å²) in [5, 5.41) is 0. The first kappa shape index (κ1) is 18.1. The van der Waals surface area contributed by atoms with Crippen molar-refractivity contribution in [2.45, 2.75) is 51.5 Å². The number of amides is 1. The Bertz CT molecular complexity index is 580. The number of likely N-dealkylation sites (tertiary alicyclic amines) is 1. The average Bonchev–Trinajstić information content (AvgIpc) is 2.64. The van der Waals surface area contributed by atoms with Gasteiger partial charge in [-0.15, -0.1) is 0 Å². The van der Waals surface area contributed by atoms with Gasteiger partial charge in [0.25, 0.3) is 0 Å². The zero-order chi connectivity index (χ0) is 17.6. The summed E-state index contributed by atoms with van der Waals surface area (Å²) >= 11 is 0. The molecule has 3 rings (SSSR count). The Morgan fingerprint density at radius 2 is 2.24 bits per heavy atom. The zero-order valence-corrected chi connectivity index (χ0v) is 15.5. The number of ether oxygens (including phenoxy) is 1. The maximum Gasteiger partial charge on any atom is 0.222 e.